The minimum absolute atomic E-state index is 0.00929. The van der Waals surface area contributed by atoms with E-state index in [2.05, 4.69) is 0 Å². The molecule has 6 nitrogen and oxygen atoms in total. The van der Waals surface area contributed by atoms with Crippen molar-refractivity contribution in [2.24, 2.45) is 5.41 Å². The summed E-state index contributed by atoms with van der Waals surface area (Å²) in [7, 11) is 2.55. The molecular weight excluding hydrogens is 516 g/mol. The molecule has 228 valence electrons. The van der Waals surface area contributed by atoms with E-state index in [-0.39, 0.29) is 46.0 Å². The zero-order chi connectivity index (χ0) is 31.9. The maximum Gasteiger partial charge on any atom is 0.323 e. The van der Waals surface area contributed by atoms with Gasteiger partial charge in [0.25, 0.3) is 0 Å². The van der Waals surface area contributed by atoms with Gasteiger partial charge in [-0.25, -0.2) is 0 Å². The molecule has 0 spiro atoms. The summed E-state index contributed by atoms with van der Waals surface area (Å²) < 4.78 is 10.6. The van der Waals surface area contributed by atoms with E-state index in [1.165, 1.54) is 14.2 Å². The van der Waals surface area contributed by atoms with E-state index < -0.39 is 17.4 Å². The number of esters is 2. The predicted molar refractivity (Wildman–Crippen MR) is 165 cm³/mol. The lowest BCUT2D eigenvalue weighted by atomic mass is 9.71. The van der Waals surface area contributed by atoms with Gasteiger partial charge in [0.15, 0.2) is 5.41 Å². The molecule has 6 heteroatoms. The van der Waals surface area contributed by atoms with Gasteiger partial charge < -0.3 is 19.7 Å². The molecule has 0 saturated heterocycles. The number of methoxy groups -OCH3 is 2. The fraction of sp³-hybridized carbons (Fsp3) is 0.600. The minimum Gasteiger partial charge on any atom is -0.507 e. The number of phenolic OH excluding ortho intramolecular Hbond substituents is 2. The van der Waals surface area contributed by atoms with Crippen molar-refractivity contribution in [1.29, 1.82) is 0 Å². The van der Waals surface area contributed by atoms with E-state index in [1.807, 2.05) is 107 Å². The van der Waals surface area contributed by atoms with Crippen LogP contribution in [-0.4, -0.2) is 36.4 Å². The van der Waals surface area contributed by atoms with E-state index in [0.717, 1.165) is 33.4 Å². The Bertz CT molecular complexity index is 1120. The summed E-state index contributed by atoms with van der Waals surface area (Å²) in [5.74, 6) is -0.957. The molecule has 0 aromatic heterocycles. The summed E-state index contributed by atoms with van der Waals surface area (Å²) in [6, 6.07) is 7.51. The highest BCUT2D eigenvalue weighted by molar-refractivity contribution is 6.00. The molecule has 0 aliphatic rings. The normalized spacial score (nSPS) is 13.2. The first-order valence-corrected chi connectivity index (χ1v) is 14.3. The van der Waals surface area contributed by atoms with Gasteiger partial charge in [0, 0.05) is 0 Å². The number of hydrogen-bond donors (Lipinski definition) is 2. The SMILES string of the molecule is COC(=O)C(Cc1cc(C(C)(C)C)c(O)c(C(C)(C)C)c1)(Cc1cc(C(C)(C)C)c(O)c(C(C)(C)C)c1)C(=O)OC. The van der Waals surface area contributed by atoms with E-state index in [4.69, 9.17) is 9.47 Å². The quantitative estimate of drug-likeness (QED) is 0.279. The maximum atomic E-state index is 13.7. The summed E-state index contributed by atoms with van der Waals surface area (Å²) in [4.78, 5) is 27.4. The van der Waals surface area contributed by atoms with Crippen LogP contribution in [-0.2, 0) is 53.6 Å². The zero-order valence-electron chi connectivity index (χ0n) is 27.8. The number of ether oxygens (including phenoxy) is 2. The van der Waals surface area contributed by atoms with Crippen molar-refractivity contribution < 1.29 is 29.3 Å². The molecule has 0 aliphatic heterocycles. The highest BCUT2D eigenvalue weighted by Crippen LogP contribution is 2.44. The molecule has 0 amide bonds. The van der Waals surface area contributed by atoms with Crippen molar-refractivity contribution in [3.8, 4) is 11.5 Å². The number of rotatable bonds is 6. The molecule has 0 bridgehead atoms. The number of aromatic hydroxyl groups is 2. The van der Waals surface area contributed by atoms with Gasteiger partial charge in [-0.2, -0.15) is 0 Å². The van der Waals surface area contributed by atoms with Crippen molar-refractivity contribution >= 4 is 11.9 Å². The van der Waals surface area contributed by atoms with Crippen LogP contribution in [0.2, 0.25) is 0 Å². The highest BCUT2D eigenvalue weighted by Gasteiger charge is 2.49. The van der Waals surface area contributed by atoms with Gasteiger partial charge in [0.1, 0.15) is 11.5 Å². The van der Waals surface area contributed by atoms with E-state index >= 15 is 0 Å². The molecule has 0 heterocycles. The van der Waals surface area contributed by atoms with E-state index in [0.29, 0.717) is 0 Å². The monoisotopic (exact) mass is 568 g/mol. The van der Waals surface area contributed by atoms with Crippen molar-refractivity contribution in [3.05, 3.63) is 57.6 Å². The molecule has 0 saturated carbocycles. The van der Waals surface area contributed by atoms with Gasteiger partial charge in [-0.3, -0.25) is 9.59 Å². The summed E-state index contributed by atoms with van der Waals surface area (Å²) in [6.07, 6.45) is 0.0186. The number of hydrogen-bond acceptors (Lipinski definition) is 6. The van der Waals surface area contributed by atoms with Crippen LogP contribution in [0.5, 0.6) is 11.5 Å². The Labute approximate surface area is 247 Å². The number of phenols is 2. The van der Waals surface area contributed by atoms with Crippen LogP contribution in [0.3, 0.4) is 0 Å². The van der Waals surface area contributed by atoms with Crippen molar-refractivity contribution in [1.82, 2.24) is 0 Å². The first-order chi connectivity index (χ1) is 18.4. The van der Waals surface area contributed by atoms with Gasteiger partial charge in [0.2, 0.25) is 0 Å². The Morgan fingerprint density at radius 3 is 0.927 bits per heavy atom. The lowest BCUT2D eigenvalue weighted by molar-refractivity contribution is -0.169. The average molecular weight is 569 g/mol. The highest BCUT2D eigenvalue weighted by atomic mass is 16.5. The third-order valence-electron chi connectivity index (χ3n) is 7.74. The Hall–Kier alpha value is -3.02. The molecule has 0 radical (unpaired) electrons. The lowest BCUT2D eigenvalue weighted by Gasteiger charge is -2.33. The van der Waals surface area contributed by atoms with Crippen LogP contribution in [0.4, 0.5) is 0 Å². The van der Waals surface area contributed by atoms with E-state index in [9.17, 15) is 19.8 Å². The molecule has 0 aliphatic carbocycles. The standard InChI is InChI=1S/C35H52O6/c1-31(2,3)23-15-21(16-24(27(23)36)32(4,5)6)19-35(29(38)40-13,30(39)41-14)20-22-17-25(33(7,8)9)28(37)26(18-22)34(10,11)12/h15-18,36-37H,19-20H2,1-14H3. The van der Waals surface area contributed by atoms with Crippen LogP contribution in [0.15, 0.2) is 24.3 Å². The zero-order valence-corrected chi connectivity index (χ0v) is 27.8. The Kier molecular flexibility index (Phi) is 9.45. The second kappa shape index (κ2) is 11.3. The average Bonchev–Trinajstić information content (AvgIpc) is 2.81. The van der Waals surface area contributed by atoms with Gasteiger partial charge in [0.05, 0.1) is 14.2 Å². The Balaban J connectivity index is 2.94. The molecule has 2 N–H and O–H groups in total. The van der Waals surface area contributed by atoms with Gasteiger partial charge >= 0.3 is 11.9 Å². The Morgan fingerprint density at radius 2 is 0.756 bits per heavy atom. The van der Waals surface area contributed by atoms with Crippen LogP contribution < -0.4 is 0 Å². The Morgan fingerprint density at radius 1 is 0.537 bits per heavy atom. The smallest absolute Gasteiger partial charge is 0.323 e. The van der Waals surface area contributed by atoms with Gasteiger partial charge in [-0.05, 0) is 67.9 Å². The first kappa shape index (κ1) is 34.2. The van der Waals surface area contributed by atoms with Crippen molar-refractivity contribution in [2.45, 2.75) is 118 Å². The molecule has 41 heavy (non-hydrogen) atoms. The minimum atomic E-state index is -1.70. The fourth-order valence-electron chi connectivity index (χ4n) is 5.40. The molecule has 2 aromatic carbocycles. The molecule has 0 fully saturated rings. The van der Waals surface area contributed by atoms with Crippen LogP contribution in [0.25, 0.3) is 0 Å². The molecular formula is C35H52O6. The summed E-state index contributed by atoms with van der Waals surface area (Å²) >= 11 is 0. The summed E-state index contributed by atoms with van der Waals surface area (Å²) in [6.45, 7) is 24.2. The molecule has 0 unspecified atom stereocenters. The second-order valence-corrected chi connectivity index (χ2v) is 15.5. The van der Waals surface area contributed by atoms with Gasteiger partial charge in [-0.1, -0.05) is 107 Å². The summed E-state index contributed by atoms with van der Waals surface area (Å²) in [5.41, 5.74) is 1.12. The largest absolute Gasteiger partial charge is 0.507 e. The molecule has 2 rings (SSSR count). The summed E-state index contributed by atoms with van der Waals surface area (Å²) in [5, 5.41) is 22.5. The van der Waals surface area contributed by atoms with Crippen LogP contribution >= 0.6 is 0 Å². The van der Waals surface area contributed by atoms with Crippen LogP contribution in [0.1, 0.15) is 116 Å². The number of carbonyl (C=O) groups excluding carboxylic acids is 2. The third-order valence-corrected chi connectivity index (χ3v) is 7.74. The van der Waals surface area contributed by atoms with Crippen molar-refractivity contribution in [2.75, 3.05) is 14.2 Å². The van der Waals surface area contributed by atoms with Crippen molar-refractivity contribution in [3.63, 3.8) is 0 Å². The van der Waals surface area contributed by atoms with E-state index in [1.54, 1.807) is 0 Å². The molecule has 0 atom stereocenters. The lowest BCUT2D eigenvalue weighted by Crippen LogP contribution is -2.45. The van der Waals surface area contributed by atoms with Gasteiger partial charge in [-0.15, -0.1) is 0 Å². The third kappa shape index (κ3) is 7.25. The number of carbonyl (C=O) groups is 2. The maximum absolute atomic E-state index is 13.7. The fourth-order valence-corrected chi connectivity index (χ4v) is 5.40. The number of benzene rings is 2. The second-order valence-electron chi connectivity index (χ2n) is 15.5. The molecule has 2 aromatic rings. The predicted octanol–water partition coefficient (Wildman–Crippen LogP) is 7.41. The van der Waals surface area contributed by atoms with Crippen LogP contribution in [0, 0.1) is 5.41 Å². The topological polar surface area (TPSA) is 93.1 Å². The first-order valence-electron chi connectivity index (χ1n) is 14.3.